The highest BCUT2D eigenvalue weighted by Gasteiger charge is 2.20. The van der Waals surface area contributed by atoms with Crippen LogP contribution in [0, 0.1) is 5.82 Å². The summed E-state index contributed by atoms with van der Waals surface area (Å²) in [5.41, 5.74) is 7.69. The molecule has 1 amide bonds. The number of hydrogen-bond acceptors (Lipinski definition) is 4. The molecule has 2 aromatic rings. The van der Waals surface area contributed by atoms with Crippen LogP contribution >= 0.6 is 11.8 Å². The molecule has 2 N–H and O–H groups in total. The molecule has 126 valence electrons. The van der Waals surface area contributed by atoms with Gasteiger partial charge in [-0.2, -0.15) is 5.10 Å². The van der Waals surface area contributed by atoms with E-state index in [0.717, 1.165) is 33.3 Å². The standard InChI is InChI=1S/C18H15FN4OS/c19-14-5-1-11(2-6-14)9-20-18-23-22-16(10-25-18)12-3-4-13-8-17(24)21-15(13)7-12/h1-7H,8-10H2,(H,20,23)(H,21,24). The highest BCUT2D eigenvalue weighted by molar-refractivity contribution is 8.14. The van der Waals surface area contributed by atoms with E-state index < -0.39 is 0 Å². The number of carbonyl (C=O) groups is 1. The summed E-state index contributed by atoms with van der Waals surface area (Å²) in [6.07, 6.45) is 0.440. The highest BCUT2D eigenvalue weighted by atomic mass is 32.2. The van der Waals surface area contributed by atoms with E-state index in [1.807, 2.05) is 18.2 Å². The zero-order chi connectivity index (χ0) is 17.2. The molecule has 2 aromatic carbocycles. The van der Waals surface area contributed by atoms with Crippen molar-refractivity contribution in [3.8, 4) is 0 Å². The molecule has 5 nitrogen and oxygen atoms in total. The van der Waals surface area contributed by atoms with Crippen LogP contribution < -0.4 is 10.7 Å². The van der Waals surface area contributed by atoms with Gasteiger partial charge < -0.3 is 5.32 Å². The van der Waals surface area contributed by atoms with Gasteiger partial charge in [-0.05, 0) is 29.3 Å². The maximum absolute atomic E-state index is 12.9. The van der Waals surface area contributed by atoms with Crippen LogP contribution in [-0.2, 0) is 17.8 Å². The van der Waals surface area contributed by atoms with E-state index in [1.165, 1.54) is 12.1 Å². The van der Waals surface area contributed by atoms with Crippen LogP contribution in [0.3, 0.4) is 0 Å². The van der Waals surface area contributed by atoms with Gasteiger partial charge in [-0.1, -0.05) is 36.0 Å². The Morgan fingerprint density at radius 1 is 1.20 bits per heavy atom. The van der Waals surface area contributed by atoms with Crippen molar-refractivity contribution < 1.29 is 9.18 Å². The topological polar surface area (TPSA) is 65.8 Å². The molecule has 0 saturated carbocycles. The molecule has 2 heterocycles. The average molecular weight is 354 g/mol. The second-order valence-corrected chi connectivity index (χ2v) is 6.77. The summed E-state index contributed by atoms with van der Waals surface area (Å²) in [5.74, 6) is 0.476. The van der Waals surface area contributed by atoms with Crippen LogP contribution in [0.25, 0.3) is 0 Å². The lowest BCUT2D eigenvalue weighted by molar-refractivity contribution is -0.115. The van der Waals surface area contributed by atoms with E-state index in [4.69, 9.17) is 0 Å². The van der Waals surface area contributed by atoms with E-state index >= 15 is 0 Å². The quantitative estimate of drug-likeness (QED) is 0.891. The fourth-order valence-corrected chi connectivity index (χ4v) is 3.46. The zero-order valence-corrected chi connectivity index (χ0v) is 14.1. The van der Waals surface area contributed by atoms with Crippen molar-refractivity contribution in [1.82, 2.24) is 5.43 Å². The Hall–Kier alpha value is -2.67. The molecule has 0 radical (unpaired) electrons. The number of anilines is 1. The number of benzene rings is 2. The molecule has 4 rings (SSSR count). The van der Waals surface area contributed by atoms with Gasteiger partial charge >= 0.3 is 0 Å². The summed E-state index contributed by atoms with van der Waals surface area (Å²) in [7, 11) is 0. The Morgan fingerprint density at radius 3 is 2.80 bits per heavy atom. The fraction of sp³-hybridized carbons (Fsp3) is 0.167. The van der Waals surface area contributed by atoms with Gasteiger partial charge in [0, 0.05) is 17.0 Å². The lowest BCUT2D eigenvalue weighted by atomic mass is 10.1. The molecule has 0 aromatic heterocycles. The maximum atomic E-state index is 12.9. The molecule has 0 unspecified atom stereocenters. The first-order chi connectivity index (χ1) is 12.2. The Bertz CT molecular complexity index is 892. The Kier molecular flexibility index (Phi) is 4.23. The van der Waals surface area contributed by atoms with Gasteiger partial charge in [0.25, 0.3) is 0 Å². The highest BCUT2D eigenvalue weighted by Crippen LogP contribution is 2.25. The monoisotopic (exact) mass is 354 g/mol. The molecule has 0 aliphatic carbocycles. The third-order valence-corrected chi connectivity index (χ3v) is 4.93. The molecule has 0 saturated heterocycles. The minimum Gasteiger partial charge on any atom is -0.326 e. The van der Waals surface area contributed by atoms with Crippen LogP contribution in [-0.4, -0.2) is 22.5 Å². The van der Waals surface area contributed by atoms with Crippen molar-refractivity contribution in [3.63, 3.8) is 0 Å². The van der Waals surface area contributed by atoms with Gasteiger partial charge in [0.1, 0.15) is 5.82 Å². The van der Waals surface area contributed by atoms with E-state index in [1.54, 1.807) is 23.9 Å². The van der Waals surface area contributed by atoms with Crippen molar-refractivity contribution in [1.29, 1.82) is 0 Å². The molecule has 0 bridgehead atoms. The van der Waals surface area contributed by atoms with Gasteiger partial charge in [0.2, 0.25) is 5.91 Å². The van der Waals surface area contributed by atoms with Gasteiger partial charge in [-0.25, -0.2) is 4.39 Å². The number of aliphatic imine (C=N–C) groups is 1. The fourth-order valence-electron chi connectivity index (χ4n) is 2.69. The number of amidine groups is 1. The van der Waals surface area contributed by atoms with Crippen LogP contribution in [0.2, 0.25) is 0 Å². The largest absolute Gasteiger partial charge is 0.326 e. The smallest absolute Gasteiger partial charge is 0.228 e. The van der Waals surface area contributed by atoms with E-state index in [9.17, 15) is 9.18 Å². The molecule has 0 fully saturated rings. The SMILES string of the molecule is O=C1Cc2ccc(C3=NNC(=NCc4ccc(F)cc4)SC3)cc2N1. The number of carbonyl (C=O) groups excluding carboxylic acids is 1. The number of nitrogens with one attached hydrogen (secondary N) is 2. The van der Waals surface area contributed by atoms with Crippen molar-refractivity contribution in [2.24, 2.45) is 10.1 Å². The second kappa shape index (κ2) is 6.68. The normalized spacial score (nSPS) is 17.7. The maximum Gasteiger partial charge on any atom is 0.228 e. The number of halogens is 1. The van der Waals surface area contributed by atoms with Crippen molar-refractivity contribution >= 4 is 34.2 Å². The van der Waals surface area contributed by atoms with Crippen molar-refractivity contribution in [3.05, 3.63) is 65.0 Å². The molecule has 0 spiro atoms. The summed E-state index contributed by atoms with van der Waals surface area (Å²) < 4.78 is 12.9. The predicted octanol–water partition coefficient (Wildman–Crippen LogP) is 2.92. The van der Waals surface area contributed by atoms with E-state index in [0.29, 0.717) is 18.7 Å². The zero-order valence-electron chi connectivity index (χ0n) is 13.3. The first-order valence-corrected chi connectivity index (χ1v) is 8.83. The summed E-state index contributed by atoms with van der Waals surface area (Å²) in [5, 5.41) is 7.99. The summed E-state index contributed by atoms with van der Waals surface area (Å²) in [6.45, 7) is 0.478. The Balaban J connectivity index is 1.43. The predicted molar refractivity (Wildman–Crippen MR) is 98.4 cm³/mol. The first-order valence-electron chi connectivity index (χ1n) is 7.85. The molecular weight excluding hydrogens is 339 g/mol. The molecule has 2 aliphatic heterocycles. The number of thioether (sulfide) groups is 1. The van der Waals surface area contributed by atoms with Crippen molar-refractivity contribution in [2.45, 2.75) is 13.0 Å². The number of fused-ring (bicyclic) bond motifs is 1. The van der Waals surface area contributed by atoms with Crippen LogP contribution in [0.1, 0.15) is 16.7 Å². The molecule has 25 heavy (non-hydrogen) atoms. The minimum atomic E-state index is -0.249. The molecule has 7 heteroatoms. The van der Waals surface area contributed by atoms with E-state index in [-0.39, 0.29) is 11.7 Å². The lowest BCUT2D eigenvalue weighted by Gasteiger charge is -2.15. The summed E-state index contributed by atoms with van der Waals surface area (Å²) in [4.78, 5) is 15.9. The van der Waals surface area contributed by atoms with E-state index in [2.05, 4.69) is 20.8 Å². The van der Waals surface area contributed by atoms with Gasteiger partial charge in [0.15, 0.2) is 5.17 Å². The summed E-state index contributed by atoms with van der Waals surface area (Å²) >= 11 is 1.57. The number of hydrogen-bond donors (Lipinski definition) is 2. The summed E-state index contributed by atoms with van der Waals surface area (Å²) in [6, 6.07) is 12.2. The number of rotatable bonds is 3. The van der Waals surface area contributed by atoms with Crippen molar-refractivity contribution in [2.75, 3.05) is 11.1 Å². The van der Waals surface area contributed by atoms with Gasteiger partial charge in [0.05, 0.1) is 18.7 Å². The Labute approximate surface area is 148 Å². The lowest BCUT2D eigenvalue weighted by Crippen LogP contribution is -2.25. The van der Waals surface area contributed by atoms with Crippen LogP contribution in [0.15, 0.2) is 52.6 Å². The number of hydrazone groups is 1. The molecule has 2 aliphatic rings. The third-order valence-electron chi connectivity index (χ3n) is 4.02. The minimum absolute atomic E-state index is 0.0282. The molecule has 0 atom stereocenters. The van der Waals surface area contributed by atoms with Gasteiger partial charge in [-0.15, -0.1) is 0 Å². The van der Waals surface area contributed by atoms with Crippen LogP contribution in [0.4, 0.5) is 10.1 Å². The second-order valence-electron chi connectivity index (χ2n) is 5.80. The third kappa shape index (κ3) is 3.56. The van der Waals surface area contributed by atoms with Gasteiger partial charge in [-0.3, -0.25) is 15.2 Å². The number of nitrogens with zero attached hydrogens (tertiary/aromatic N) is 2. The number of amides is 1. The molecular formula is C18H15FN4OS. The van der Waals surface area contributed by atoms with Crippen LogP contribution in [0.5, 0.6) is 0 Å². The Morgan fingerprint density at radius 2 is 2.04 bits per heavy atom. The first kappa shape index (κ1) is 15.8. The average Bonchev–Trinajstić information content (AvgIpc) is 3.01.